The van der Waals surface area contributed by atoms with Gasteiger partial charge >= 0.3 is 0 Å². The first-order valence-corrected chi connectivity index (χ1v) is 4.82. The van der Waals surface area contributed by atoms with Gasteiger partial charge in [0.25, 0.3) is 0 Å². The number of nitrogens with zero attached hydrogens (tertiary/aromatic N) is 3. The summed E-state index contributed by atoms with van der Waals surface area (Å²) in [6.45, 7) is 7.52. The Hall–Kier alpha value is -1.47. The van der Waals surface area contributed by atoms with E-state index in [-0.39, 0.29) is 5.41 Å². The van der Waals surface area contributed by atoms with Gasteiger partial charge in [0, 0.05) is 5.41 Å². The van der Waals surface area contributed by atoms with Crippen molar-refractivity contribution in [2.75, 3.05) is 0 Å². The molecular formula is C11H15N3O. The quantitative estimate of drug-likeness (QED) is 0.757. The SMILES string of the molecule is CC(O)c1cnc(C(C)(C)C)c(C#N)n1. The van der Waals surface area contributed by atoms with E-state index in [0.717, 1.165) is 0 Å². The van der Waals surface area contributed by atoms with E-state index >= 15 is 0 Å². The maximum atomic E-state index is 9.33. The molecule has 0 fully saturated rings. The molecule has 1 atom stereocenters. The molecule has 15 heavy (non-hydrogen) atoms. The summed E-state index contributed by atoms with van der Waals surface area (Å²) in [4.78, 5) is 8.28. The normalized spacial score (nSPS) is 13.3. The molecule has 1 heterocycles. The summed E-state index contributed by atoms with van der Waals surface area (Å²) in [6.07, 6.45) is 0.824. The number of aliphatic hydroxyl groups excluding tert-OH is 1. The Balaban J connectivity index is 3.29. The maximum Gasteiger partial charge on any atom is 0.162 e. The summed E-state index contributed by atoms with van der Waals surface area (Å²) in [7, 11) is 0. The third-order valence-electron chi connectivity index (χ3n) is 2.04. The highest BCUT2D eigenvalue weighted by atomic mass is 16.3. The van der Waals surface area contributed by atoms with Gasteiger partial charge in [-0.3, -0.25) is 4.98 Å². The number of rotatable bonds is 1. The van der Waals surface area contributed by atoms with Crippen molar-refractivity contribution in [3.8, 4) is 6.07 Å². The minimum absolute atomic E-state index is 0.213. The van der Waals surface area contributed by atoms with Gasteiger partial charge in [-0.25, -0.2) is 4.98 Å². The van der Waals surface area contributed by atoms with Gasteiger partial charge in [-0.15, -0.1) is 0 Å². The zero-order valence-electron chi connectivity index (χ0n) is 9.44. The van der Waals surface area contributed by atoms with Gasteiger partial charge in [-0.05, 0) is 6.92 Å². The standard InChI is InChI=1S/C11H15N3O/c1-7(15)9-6-13-10(11(2,3)4)8(5-12)14-9/h6-7,15H,1-4H3. The predicted molar refractivity (Wildman–Crippen MR) is 56.1 cm³/mol. The third kappa shape index (κ3) is 2.51. The average molecular weight is 205 g/mol. The van der Waals surface area contributed by atoms with E-state index in [1.165, 1.54) is 6.20 Å². The van der Waals surface area contributed by atoms with Gasteiger partial charge in [0.2, 0.25) is 0 Å². The Morgan fingerprint density at radius 3 is 2.47 bits per heavy atom. The molecule has 0 amide bonds. The second kappa shape index (κ2) is 3.95. The van der Waals surface area contributed by atoms with Crippen LogP contribution in [0.4, 0.5) is 0 Å². The van der Waals surface area contributed by atoms with Crippen LogP contribution < -0.4 is 0 Å². The van der Waals surface area contributed by atoms with Crippen LogP contribution in [0.25, 0.3) is 0 Å². The minimum Gasteiger partial charge on any atom is -0.387 e. The highest BCUT2D eigenvalue weighted by molar-refractivity contribution is 5.31. The zero-order valence-corrected chi connectivity index (χ0v) is 9.44. The molecule has 0 radical (unpaired) electrons. The number of hydrogen-bond donors (Lipinski definition) is 1. The van der Waals surface area contributed by atoms with Gasteiger partial charge in [0.15, 0.2) is 5.69 Å². The van der Waals surface area contributed by atoms with E-state index in [2.05, 4.69) is 9.97 Å². The topological polar surface area (TPSA) is 69.8 Å². The first-order chi connectivity index (χ1) is 6.86. The fourth-order valence-electron chi connectivity index (χ4n) is 1.23. The van der Waals surface area contributed by atoms with Crippen LogP contribution in [0.2, 0.25) is 0 Å². The highest BCUT2D eigenvalue weighted by Gasteiger charge is 2.21. The number of aromatic nitrogens is 2. The third-order valence-corrected chi connectivity index (χ3v) is 2.04. The minimum atomic E-state index is -0.696. The van der Waals surface area contributed by atoms with Crippen molar-refractivity contribution >= 4 is 0 Å². The summed E-state index contributed by atoms with van der Waals surface area (Å²) in [6, 6.07) is 2.01. The van der Waals surface area contributed by atoms with Crippen molar-refractivity contribution in [1.82, 2.24) is 9.97 Å². The lowest BCUT2D eigenvalue weighted by molar-refractivity contribution is 0.193. The Morgan fingerprint density at radius 2 is 2.07 bits per heavy atom. The Kier molecular flexibility index (Phi) is 3.06. The smallest absolute Gasteiger partial charge is 0.162 e. The van der Waals surface area contributed by atoms with Crippen molar-refractivity contribution in [3.63, 3.8) is 0 Å². The summed E-state index contributed by atoms with van der Waals surface area (Å²) in [5.41, 5.74) is 1.17. The zero-order chi connectivity index (χ0) is 11.6. The number of hydrogen-bond acceptors (Lipinski definition) is 4. The van der Waals surface area contributed by atoms with Gasteiger partial charge < -0.3 is 5.11 Å². The van der Waals surface area contributed by atoms with Crippen molar-refractivity contribution < 1.29 is 5.11 Å². The second-order valence-electron chi connectivity index (χ2n) is 4.53. The number of nitriles is 1. The lowest BCUT2D eigenvalue weighted by Gasteiger charge is -2.18. The first-order valence-electron chi connectivity index (χ1n) is 4.82. The molecule has 80 valence electrons. The van der Waals surface area contributed by atoms with Crippen LogP contribution in [0.15, 0.2) is 6.20 Å². The molecule has 1 N–H and O–H groups in total. The molecule has 0 saturated carbocycles. The largest absolute Gasteiger partial charge is 0.387 e. The molecule has 0 aliphatic rings. The highest BCUT2D eigenvalue weighted by Crippen LogP contribution is 2.23. The molecule has 0 saturated heterocycles. The van der Waals surface area contributed by atoms with Crippen molar-refractivity contribution in [2.45, 2.75) is 39.2 Å². The fraction of sp³-hybridized carbons (Fsp3) is 0.545. The molecule has 1 aromatic heterocycles. The second-order valence-corrected chi connectivity index (χ2v) is 4.53. The lowest BCUT2D eigenvalue weighted by Crippen LogP contribution is -2.17. The molecule has 4 heteroatoms. The van der Waals surface area contributed by atoms with Crippen LogP contribution in [-0.4, -0.2) is 15.1 Å². The van der Waals surface area contributed by atoms with Gasteiger partial charge in [-0.1, -0.05) is 20.8 Å². The summed E-state index contributed by atoms with van der Waals surface area (Å²) in [5, 5.41) is 18.3. The van der Waals surface area contributed by atoms with Crippen molar-refractivity contribution in [3.05, 3.63) is 23.3 Å². The Bertz CT molecular complexity index is 399. The molecule has 0 aliphatic heterocycles. The molecule has 1 aromatic rings. The fourth-order valence-corrected chi connectivity index (χ4v) is 1.23. The average Bonchev–Trinajstić information content (AvgIpc) is 2.15. The molecular weight excluding hydrogens is 190 g/mol. The summed E-state index contributed by atoms with van der Waals surface area (Å²) in [5.74, 6) is 0. The van der Waals surface area contributed by atoms with Gasteiger partial charge in [0.1, 0.15) is 6.07 Å². The molecule has 4 nitrogen and oxygen atoms in total. The molecule has 1 rings (SSSR count). The van der Waals surface area contributed by atoms with E-state index in [4.69, 9.17) is 5.26 Å². The molecule has 0 spiro atoms. The van der Waals surface area contributed by atoms with E-state index in [1.54, 1.807) is 6.92 Å². The Labute approximate surface area is 89.6 Å². The predicted octanol–water partition coefficient (Wildman–Crippen LogP) is 1.70. The Morgan fingerprint density at radius 1 is 1.47 bits per heavy atom. The van der Waals surface area contributed by atoms with Crippen LogP contribution >= 0.6 is 0 Å². The van der Waals surface area contributed by atoms with E-state index in [9.17, 15) is 5.11 Å². The molecule has 0 bridgehead atoms. The van der Waals surface area contributed by atoms with Crippen LogP contribution in [0.5, 0.6) is 0 Å². The van der Waals surface area contributed by atoms with E-state index in [0.29, 0.717) is 17.1 Å². The van der Waals surface area contributed by atoms with Gasteiger partial charge in [0.05, 0.1) is 23.7 Å². The molecule has 0 aromatic carbocycles. The van der Waals surface area contributed by atoms with Crippen LogP contribution in [-0.2, 0) is 5.41 Å². The summed E-state index contributed by atoms with van der Waals surface area (Å²) < 4.78 is 0. The molecule has 1 unspecified atom stereocenters. The van der Waals surface area contributed by atoms with Crippen LogP contribution in [0.3, 0.4) is 0 Å². The molecule has 0 aliphatic carbocycles. The van der Waals surface area contributed by atoms with Crippen LogP contribution in [0.1, 0.15) is 50.9 Å². The lowest BCUT2D eigenvalue weighted by atomic mass is 9.90. The van der Waals surface area contributed by atoms with E-state index < -0.39 is 6.10 Å². The first kappa shape index (κ1) is 11.6. The van der Waals surface area contributed by atoms with Crippen LogP contribution in [0, 0.1) is 11.3 Å². The monoisotopic (exact) mass is 205 g/mol. The summed E-state index contributed by atoms with van der Waals surface area (Å²) >= 11 is 0. The number of aliphatic hydroxyl groups is 1. The van der Waals surface area contributed by atoms with Crippen molar-refractivity contribution in [1.29, 1.82) is 5.26 Å². The van der Waals surface area contributed by atoms with Gasteiger partial charge in [-0.2, -0.15) is 5.26 Å². The van der Waals surface area contributed by atoms with E-state index in [1.807, 2.05) is 26.8 Å². The maximum absolute atomic E-state index is 9.33. The van der Waals surface area contributed by atoms with Crippen molar-refractivity contribution in [2.24, 2.45) is 0 Å².